The lowest BCUT2D eigenvalue weighted by molar-refractivity contribution is -0.148. The number of nitrogens with two attached hydrogens (primary N) is 1. The molecule has 3 aliphatic carbocycles. The molecule has 15 rings (SSSR count). The monoisotopic (exact) mass is 1760 g/mol. The van der Waals surface area contributed by atoms with Gasteiger partial charge in [-0.05, 0) is 183 Å². The number of thiazole rings is 3. The number of nitriles is 3. The van der Waals surface area contributed by atoms with Crippen molar-refractivity contribution in [1.82, 2.24) is 49.2 Å². The molecule has 3 aliphatic rings. The fraction of sp³-hybridized carbons (Fsp3) is 0.307. The van der Waals surface area contributed by atoms with E-state index in [-0.39, 0.29) is 42.9 Å². The molecule has 0 radical (unpaired) electrons. The minimum Gasteiger partial charge on any atom is -0.327 e. The Labute approximate surface area is 715 Å². The van der Waals surface area contributed by atoms with Gasteiger partial charge in [0.1, 0.15) is 6.29 Å². The van der Waals surface area contributed by atoms with Gasteiger partial charge in [0, 0.05) is 98.2 Å². The van der Waals surface area contributed by atoms with Crippen molar-refractivity contribution in [3.05, 3.63) is 265 Å². The normalized spacial score (nSPS) is 14.8. The van der Waals surface area contributed by atoms with Gasteiger partial charge >= 0.3 is 24.7 Å². The van der Waals surface area contributed by atoms with Crippen LogP contribution in [0.15, 0.2) is 183 Å². The number of nitrogens with zero attached hydrogens (tertiary/aromatic N) is 13. The summed E-state index contributed by atoms with van der Waals surface area (Å²) in [5.41, 5.74) is 20.4. The number of carbonyl (C=O) groups is 4. The van der Waals surface area contributed by atoms with Crippen LogP contribution in [0.3, 0.4) is 0 Å². The van der Waals surface area contributed by atoms with E-state index in [4.69, 9.17) is 26.3 Å². The van der Waals surface area contributed by atoms with Crippen LogP contribution < -0.4 is 21.7 Å². The van der Waals surface area contributed by atoms with Gasteiger partial charge < -0.3 is 10.5 Å². The number of aldehydes is 1. The Hall–Kier alpha value is -12.5. The van der Waals surface area contributed by atoms with Crippen LogP contribution in [0.5, 0.6) is 0 Å². The number of hydrogen-bond donors (Lipinski definition) is 4. The molecule has 0 unspecified atom stereocenters. The molecule has 642 valence electrons. The molecular weight excluding hydrogens is 1680 g/mol. The highest BCUT2D eigenvalue weighted by molar-refractivity contribution is 7.16. The van der Waals surface area contributed by atoms with E-state index in [1.54, 1.807) is 94.7 Å². The lowest BCUT2D eigenvalue weighted by Gasteiger charge is -2.34. The maximum Gasteiger partial charge on any atom is 0.395 e. The molecule has 0 aliphatic heterocycles. The molecule has 0 bridgehead atoms. The summed E-state index contributed by atoms with van der Waals surface area (Å²) < 4.78 is 153. The lowest BCUT2D eigenvalue weighted by atomic mass is 9.87. The minimum absolute atomic E-state index is 0.150. The minimum atomic E-state index is -4.47. The van der Waals surface area contributed by atoms with E-state index >= 15 is 0 Å². The third kappa shape index (κ3) is 27.0. The number of aryl methyl sites for hydroxylation is 3. The first kappa shape index (κ1) is 90.7. The molecule has 124 heavy (non-hydrogen) atoms. The fourth-order valence-electron chi connectivity index (χ4n) is 14.1. The van der Waals surface area contributed by atoms with Crippen molar-refractivity contribution in [2.75, 3.05) is 29.0 Å². The van der Waals surface area contributed by atoms with Gasteiger partial charge in [-0.25, -0.2) is 15.0 Å². The molecule has 6 heterocycles. The summed E-state index contributed by atoms with van der Waals surface area (Å²) in [7, 11) is 0. The fourth-order valence-corrected chi connectivity index (χ4v) is 17.4. The highest BCUT2D eigenvalue weighted by atomic mass is 32.1. The SMILES string of the molecule is N#Cc1ccc(-c2cnn(Cc3cccc(C(=O)Nc4nc5c(s4)C[C@@H](CCCC(F)(F)F)CC5)c3)c2)cc1.N#Cc1ccc(-c2cnn(Cc3cccc(C(=O)Nc4nc5c(s4)C[C@@H](N(CCC(F)(F)F)CCC(F)(F)F)CC5)c3)c2)cc1.N#Cc1ccc(-c2cnn(Cc3cccc(C(=O)Nc4nc5c(s4)C[C@@H](N)CC5)c3)c2)cc1.O=CCC(F)(F)F. The van der Waals surface area contributed by atoms with Crippen molar-refractivity contribution in [1.29, 1.82) is 15.8 Å². The zero-order valence-electron chi connectivity index (χ0n) is 66.1. The second-order valence-corrected chi connectivity index (χ2v) is 33.0. The summed E-state index contributed by atoms with van der Waals surface area (Å²) in [5, 5.41) is 50.3. The highest BCUT2D eigenvalue weighted by Gasteiger charge is 2.36. The van der Waals surface area contributed by atoms with Crippen LogP contribution in [0, 0.1) is 39.9 Å². The third-order valence-electron chi connectivity index (χ3n) is 20.4. The van der Waals surface area contributed by atoms with Gasteiger partial charge in [-0.2, -0.15) is 83.8 Å². The first-order valence-corrected chi connectivity index (χ1v) is 41.6. The molecule has 0 saturated carbocycles. The first-order chi connectivity index (χ1) is 59.2. The average Bonchev–Trinajstić information content (AvgIpc) is 1.68. The maximum atomic E-state index is 13.1. The lowest BCUT2D eigenvalue weighted by Crippen LogP contribution is -2.42. The summed E-state index contributed by atoms with van der Waals surface area (Å²) >= 11 is 4.12. The Morgan fingerprint density at radius 3 is 1.16 bits per heavy atom. The van der Waals surface area contributed by atoms with Gasteiger partial charge in [0.15, 0.2) is 15.4 Å². The van der Waals surface area contributed by atoms with E-state index in [1.807, 2.05) is 102 Å². The zero-order valence-corrected chi connectivity index (χ0v) is 68.5. The molecule has 36 heteroatoms. The number of rotatable bonds is 24. The van der Waals surface area contributed by atoms with Crippen LogP contribution in [0.1, 0.15) is 154 Å². The molecule has 3 amide bonds. The summed E-state index contributed by atoms with van der Waals surface area (Å²) in [6, 6.07) is 49.8. The van der Waals surface area contributed by atoms with Crippen LogP contribution >= 0.6 is 34.0 Å². The van der Waals surface area contributed by atoms with Crippen LogP contribution in [-0.4, -0.2) is 123 Å². The number of amides is 3. The molecule has 12 aromatic rings. The summed E-state index contributed by atoms with van der Waals surface area (Å²) in [5.74, 6) is -0.607. The molecule has 5 N–H and O–H groups in total. The molecule has 3 atom stereocenters. The number of aromatic nitrogens is 9. The quantitative estimate of drug-likeness (QED) is 0.0323. The average molecular weight is 1760 g/mol. The van der Waals surface area contributed by atoms with Gasteiger partial charge in [0.25, 0.3) is 17.7 Å². The Morgan fingerprint density at radius 2 is 0.815 bits per heavy atom. The topological polar surface area (TPSA) is 297 Å². The molecule has 0 fully saturated rings. The Balaban J connectivity index is 0.000000164. The molecular formula is C88H79F12N17O4S3. The number of benzene rings is 6. The molecule has 6 aromatic heterocycles. The molecule has 0 spiro atoms. The van der Waals surface area contributed by atoms with Crippen LogP contribution in [0.2, 0.25) is 0 Å². The summed E-state index contributed by atoms with van der Waals surface area (Å²) in [6.45, 7) is 0.421. The van der Waals surface area contributed by atoms with Crippen molar-refractivity contribution >= 4 is 73.4 Å². The number of halogens is 12. The zero-order chi connectivity index (χ0) is 88.3. The molecule has 0 saturated heterocycles. The van der Waals surface area contributed by atoms with Crippen molar-refractivity contribution in [3.8, 4) is 51.6 Å². The maximum absolute atomic E-state index is 13.1. The van der Waals surface area contributed by atoms with E-state index in [1.165, 1.54) is 43.8 Å². The summed E-state index contributed by atoms with van der Waals surface area (Å²) in [6.07, 6.45) is -4.31. The van der Waals surface area contributed by atoms with Crippen LogP contribution in [0.25, 0.3) is 33.4 Å². The van der Waals surface area contributed by atoms with Crippen molar-refractivity contribution < 1.29 is 71.9 Å². The Bertz CT molecular complexity index is 5790. The Kier molecular flexibility index (Phi) is 30.1. The highest BCUT2D eigenvalue weighted by Crippen LogP contribution is 2.38. The van der Waals surface area contributed by atoms with Gasteiger partial charge in [0.05, 0.1) is 109 Å². The van der Waals surface area contributed by atoms with E-state index in [9.17, 15) is 67.1 Å². The van der Waals surface area contributed by atoms with Crippen molar-refractivity contribution in [2.45, 2.75) is 153 Å². The van der Waals surface area contributed by atoms with E-state index in [0.29, 0.717) is 99.8 Å². The standard InChI is InChI=1S/C31H28F6N6OS.C29H26F3N5OS.C25H22N6OS.C3H3F3O/c32-30(33,34)10-12-42(13-11-31(35,36)37)25-8-9-26-27(15-25)45-29(40-26)41-28(44)23-3-1-2-21(14-23)18-43-19-24(17-39-43)22-6-4-20(16-38)5-7-22;30-29(31,32)12-2-4-19-8-11-25-26(14-19)39-28(35-25)36-27(38)23-5-1-3-21(13-23)17-37-18-24(16-34-37)22-9-6-20(15-33)7-10-22;26-12-16-4-6-18(7-5-16)20-13-28-31(15-20)14-17-2-1-3-19(10-17)24(32)30-25-29-22-9-8-21(27)11-23(22)33-25;4-3(5,6)1-2-7/h1-7,14,17,19,25H,8-13,15,18H2,(H,40,41,44);1,3,5-7,9-10,13,16,18-19H,2,4,8,11-12,14,17H2,(H,35,36,38);1-7,10,13,15,21H,8-9,11,14,27H2,(H,29,30,32);2H,1H2/t25-;19-;21-;/m000./s1. The Morgan fingerprint density at radius 1 is 0.460 bits per heavy atom. The van der Waals surface area contributed by atoms with Gasteiger partial charge in [-0.1, -0.05) is 72.8 Å². The van der Waals surface area contributed by atoms with Crippen LogP contribution in [-0.2, 0) is 63.0 Å². The van der Waals surface area contributed by atoms with E-state index in [2.05, 4.69) is 64.4 Å². The van der Waals surface area contributed by atoms with Gasteiger partial charge in [-0.15, -0.1) is 34.0 Å². The third-order valence-corrected chi connectivity index (χ3v) is 23.5. The van der Waals surface area contributed by atoms with Crippen molar-refractivity contribution in [3.63, 3.8) is 0 Å². The number of nitrogens with one attached hydrogen (secondary N) is 3. The van der Waals surface area contributed by atoms with Crippen LogP contribution in [0.4, 0.5) is 68.1 Å². The predicted molar refractivity (Wildman–Crippen MR) is 445 cm³/mol. The summed E-state index contributed by atoms with van der Waals surface area (Å²) in [4.78, 5) is 65.9. The number of alkyl halides is 12. The molecule has 21 nitrogen and oxygen atoms in total. The largest absolute Gasteiger partial charge is 0.395 e. The van der Waals surface area contributed by atoms with Gasteiger partial charge in [0.2, 0.25) is 0 Å². The second kappa shape index (κ2) is 41.1. The predicted octanol–water partition coefficient (Wildman–Crippen LogP) is 19.4. The number of hydrogen-bond acceptors (Lipinski definition) is 18. The van der Waals surface area contributed by atoms with Gasteiger partial charge in [-0.3, -0.25) is 49.3 Å². The van der Waals surface area contributed by atoms with Crippen molar-refractivity contribution in [2.24, 2.45) is 11.7 Å². The number of fused-ring (bicyclic) bond motifs is 3. The number of carbonyl (C=O) groups excluding carboxylic acids is 4. The second-order valence-electron chi connectivity index (χ2n) is 29.7. The first-order valence-electron chi connectivity index (χ1n) is 39.2. The van der Waals surface area contributed by atoms with E-state index in [0.717, 1.165) is 103 Å². The van der Waals surface area contributed by atoms with E-state index < -0.39 is 75.4 Å². The smallest absolute Gasteiger partial charge is 0.327 e. The molecule has 6 aromatic carbocycles. The number of anilines is 3.